The Morgan fingerprint density at radius 1 is 1.53 bits per heavy atom. The van der Waals surface area contributed by atoms with Crippen LogP contribution in [0.4, 0.5) is 0 Å². The number of hydrogen-bond donors (Lipinski definition) is 1. The summed E-state index contributed by atoms with van der Waals surface area (Å²) in [5.41, 5.74) is 0.310. The fraction of sp³-hybridized carbons (Fsp3) is 0.667. The van der Waals surface area contributed by atoms with Gasteiger partial charge >= 0.3 is 5.97 Å². The fourth-order valence-corrected chi connectivity index (χ4v) is 4.97. The summed E-state index contributed by atoms with van der Waals surface area (Å²) in [6, 6.07) is 0. The van der Waals surface area contributed by atoms with Crippen molar-refractivity contribution in [2.75, 3.05) is 11.5 Å². The molecule has 2 fully saturated rings. The van der Waals surface area contributed by atoms with Gasteiger partial charge < -0.3 is 5.11 Å². The minimum atomic E-state index is -3.04. The van der Waals surface area contributed by atoms with Crippen LogP contribution in [0.2, 0.25) is 0 Å². The van der Waals surface area contributed by atoms with Gasteiger partial charge in [-0.1, -0.05) is 0 Å². The SMILES string of the molecule is CC1(n2ncc(C(=O)O)c2C2CC2)CCS(=O)(=O)C1. The zero-order valence-electron chi connectivity index (χ0n) is 10.7. The minimum absolute atomic E-state index is 0.0421. The molecule has 1 atom stereocenters. The largest absolute Gasteiger partial charge is 0.478 e. The second-order valence-corrected chi connectivity index (χ2v) is 7.96. The normalized spacial score (nSPS) is 29.5. The molecule has 1 aliphatic carbocycles. The molecule has 0 bridgehead atoms. The third kappa shape index (κ3) is 2.05. The first-order valence-corrected chi connectivity index (χ1v) is 8.17. The van der Waals surface area contributed by atoms with Gasteiger partial charge in [-0.05, 0) is 26.2 Å². The lowest BCUT2D eigenvalue weighted by Gasteiger charge is -2.25. The quantitative estimate of drug-likeness (QED) is 0.894. The molecule has 1 unspecified atom stereocenters. The molecule has 1 saturated carbocycles. The van der Waals surface area contributed by atoms with E-state index in [1.807, 2.05) is 6.92 Å². The van der Waals surface area contributed by atoms with E-state index >= 15 is 0 Å². The third-order valence-electron chi connectivity index (χ3n) is 3.99. The van der Waals surface area contributed by atoms with Crippen molar-refractivity contribution in [1.82, 2.24) is 9.78 Å². The van der Waals surface area contributed by atoms with E-state index in [4.69, 9.17) is 0 Å². The summed E-state index contributed by atoms with van der Waals surface area (Å²) in [7, 11) is -3.04. The maximum absolute atomic E-state index is 11.7. The van der Waals surface area contributed by atoms with E-state index in [1.54, 1.807) is 4.68 Å². The molecule has 0 amide bonds. The maximum Gasteiger partial charge on any atom is 0.339 e. The second kappa shape index (κ2) is 3.82. The van der Waals surface area contributed by atoms with Crippen LogP contribution in [0.5, 0.6) is 0 Å². The second-order valence-electron chi connectivity index (χ2n) is 5.77. The Morgan fingerprint density at radius 2 is 2.21 bits per heavy atom. The lowest BCUT2D eigenvalue weighted by Crippen LogP contribution is -2.34. The molecule has 2 aliphatic rings. The Kier molecular flexibility index (Phi) is 2.54. The predicted molar refractivity (Wildman–Crippen MR) is 68.1 cm³/mol. The van der Waals surface area contributed by atoms with E-state index in [2.05, 4.69) is 5.10 Å². The molecule has 1 saturated heterocycles. The van der Waals surface area contributed by atoms with Crippen LogP contribution in [0.15, 0.2) is 6.20 Å². The molecule has 1 aliphatic heterocycles. The average Bonchev–Trinajstić information content (AvgIpc) is 2.96. The van der Waals surface area contributed by atoms with Crippen molar-refractivity contribution in [2.45, 2.75) is 37.6 Å². The summed E-state index contributed by atoms with van der Waals surface area (Å²) in [6.45, 7) is 1.85. The topological polar surface area (TPSA) is 89.3 Å². The number of sulfone groups is 1. The first-order chi connectivity index (χ1) is 8.82. The van der Waals surface area contributed by atoms with Gasteiger partial charge in [-0.3, -0.25) is 4.68 Å². The molecule has 0 radical (unpaired) electrons. The highest BCUT2D eigenvalue weighted by atomic mass is 32.2. The smallest absolute Gasteiger partial charge is 0.339 e. The van der Waals surface area contributed by atoms with Crippen LogP contribution >= 0.6 is 0 Å². The Labute approximate surface area is 111 Å². The molecule has 0 aromatic carbocycles. The molecular formula is C12H16N2O4S. The highest BCUT2D eigenvalue weighted by Crippen LogP contribution is 2.44. The Morgan fingerprint density at radius 3 is 2.68 bits per heavy atom. The lowest BCUT2D eigenvalue weighted by molar-refractivity contribution is 0.0695. The first-order valence-electron chi connectivity index (χ1n) is 6.34. The number of nitrogens with zero attached hydrogens (tertiary/aromatic N) is 2. The molecule has 1 N–H and O–H groups in total. The molecule has 104 valence electrons. The van der Waals surface area contributed by atoms with Gasteiger partial charge in [0.1, 0.15) is 5.56 Å². The Hall–Kier alpha value is -1.37. The molecule has 7 heteroatoms. The maximum atomic E-state index is 11.7. The van der Waals surface area contributed by atoms with Gasteiger partial charge in [0.05, 0.1) is 28.9 Å². The van der Waals surface area contributed by atoms with Gasteiger partial charge in [-0.2, -0.15) is 5.10 Å². The lowest BCUT2D eigenvalue weighted by atomic mass is 10.0. The number of aromatic nitrogens is 2. The predicted octanol–water partition coefficient (Wildman–Crippen LogP) is 0.992. The summed E-state index contributed by atoms with van der Waals surface area (Å²) in [4.78, 5) is 11.2. The zero-order valence-corrected chi connectivity index (χ0v) is 11.5. The van der Waals surface area contributed by atoms with E-state index in [0.717, 1.165) is 12.8 Å². The van der Waals surface area contributed by atoms with Gasteiger partial charge in [-0.15, -0.1) is 0 Å². The van der Waals surface area contributed by atoms with E-state index in [0.29, 0.717) is 12.1 Å². The molecule has 6 nitrogen and oxygen atoms in total. The summed E-state index contributed by atoms with van der Waals surface area (Å²) in [5, 5.41) is 13.4. The van der Waals surface area contributed by atoms with Crippen molar-refractivity contribution in [3.63, 3.8) is 0 Å². The molecule has 1 aromatic rings. The van der Waals surface area contributed by atoms with Gasteiger partial charge in [0, 0.05) is 5.92 Å². The van der Waals surface area contributed by atoms with Crippen molar-refractivity contribution in [1.29, 1.82) is 0 Å². The number of hydrogen-bond acceptors (Lipinski definition) is 4. The first kappa shape index (κ1) is 12.7. The van der Waals surface area contributed by atoms with Gasteiger partial charge in [0.15, 0.2) is 9.84 Å². The van der Waals surface area contributed by atoms with Crippen molar-refractivity contribution in [3.8, 4) is 0 Å². The van der Waals surface area contributed by atoms with Crippen molar-refractivity contribution < 1.29 is 18.3 Å². The molecule has 3 rings (SSSR count). The summed E-state index contributed by atoms with van der Waals surface area (Å²) >= 11 is 0. The van der Waals surface area contributed by atoms with Crippen LogP contribution in [-0.4, -0.2) is 40.8 Å². The van der Waals surface area contributed by atoms with Crippen molar-refractivity contribution >= 4 is 15.8 Å². The number of rotatable bonds is 3. The summed E-state index contributed by atoms with van der Waals surface area (Å²) in [5.74, 6) is -0.581. The zero-order chi connectivity index (χ0) is 13.8. The number of carbonyl (C=O) groups is 1. The van der Waals surface area contributed by atoms with Crippen LogP contribution in [-0.2, 0) is 15.4 Å². The van der Waals surface area contributed by atoms with Crippen molar-refractivity contribution in [2.24, 2.45) is 0 Å². The van der Waals surface area contributed by atoms with E-state index in [9.17, 15) is 18.3 Å². The number of carboxylic acids is 1. The standard InChI is InChI=1S/C12H16N2O4S/c1-12(4-5-19(17,18)7-12)14-10(8-2-3-8)9(6-13-14)11(15)16/h6,8H,2-5,7H2,1H3,(H,15,16). The number of carboxylic acid groups (broad SMARTS) is 1. The Balaban J connectivity index is 2.08. The van der Waals surface area contributed by atoms with Crippen LogP contribution in [0.25, 0.3) is 0 Å². The third-order valence-corrected chi connectivity index (χ3v) is 5.88. The fourth-order valence-electron chi connectivity index (χ4n) is 2.86. The van der Waals surface area contributed by atoms with E-state index < -0.39 is 21.3 Å². The molecule has 19 heavy (non-hydrogen) atoms. The molecule has 0 spiro atoms. The molecule has 2 heterocycles. The summed E-state index contributed by atoms with van der Waals surface area (Å²) in [6.07, 6.45) is 3.76. The van der Waals surface area contributed by atoms with Gasteiger partial charge in [0.25, 0.3) is 0 Å². The van der Waals surface area contributed by atoms with Crippen LogP contribution in [0.3, 0.4) is 0 Å². The van der Waals surface area contributed by atoms with Crippen LogP contribution < -0.4 is 0 Å². The minimum Gasteiger partial charge on any atom is -0.478 e. The monoisotopic (exact) mass is 284 g/mol. The van der Waals surface area contributed by atoms with Crippen LogP contribution in [0, 0.1) is 0 Å². The number of aromatic carboxylic acids is 1. The Bertz CT molecular complexity index is 645. The van der Waals surface area contributed by atoms with E-state index in [-0.39, 0.29) is 23.0 Å². The summed E-state index contributed by atoms with van der Waals surface area (Å²) < 4.78 is 25.1. The highest BCUT2D eigenvalue weighted by molar-refractivity contribution is 7.91. The van der Waals surface area contributed by atoms with Crippen molar-refractivity contribution in [3.05, 3.63) is 17.5 Å². The van der Waals surface area contributed by atoms with Crippen LogP contribution in [0.1, 0.15) is 48.2 Å². The van der Waals surface area contributed by atoms with Gasteiger partial charge in [0.2, 0.25) is 0 Å². The van der Waals surface area contributed by atoms with Gasteiger partial charge in [-0.25, -0.2) is 13.2 Å². The average molecular weight is 284 g/mol. The highest BCUT2D eigenvalue weighted by Gasteiger charge is 2.44. The van der Waals surface area contributed by atoms with E-state index in [1.165, 1.54) is 6.20 Å². The molecular weight excluding hydrogens is 268 g/mol. The molecule has 1 aromatic heterocycles.